The number of hydrogen-bond acceptors (Lipinski definition) is 4. The molecular formula is C35H30N4O2. The number of H-pyrrole nitrogens is 1. The third-order valence-electron chi connectivity index (χ3n) is 7.85. The predicted octanol–water partition coefficient (Wildman–Crippen LogP) is 8.59. The van der Waals surface area contributed by atoms with Gasteiger partial charge in [-0.2, -0.15) is 0 Å². The molecule has 1 N–H and O–H groups in total. The first-order valence-electron chi connectivity index (χ1n) is 14.0. The molecule has 0 aliphatic carbocycles. The summed E-state index contributed by atoms with van der Waals surface area (Å²) in [5.74, 6) is 1.50. The van der Waals surface area contributed by atoms with Gasteiger partial charge in [-0.3, -0.25) is 14.3 Å². The van der Waals surface area contributed by atoms with Crippen LogP contribution in [-0.4, -0.2) is 19.5 Å². The lowest BCUT2D eigenvalue weighted by molar-refractivity contribution is 0.666. The molecule has 202 valence electrons. The minimum Gasteiger partial charge on any atom is -0.453 e. The van der Waals surface area contributed by atoms with Crippen molar-refractivity contribution in [2.45, 2.75) is 39.5 Å². The smallest absolute Gasteiger partial charge is 0.210 e. The molecule has 0 aliphatic rings. The zero-order valence-corrected chi connectivity index (χ0v) is 23.5. The number of aromatic amines is 1. The molecule has 0 fully saturated rings. The Kier molecular flexibility index (Phi) is 5.86. The maximum atomic E-state index is 12.7. The second kappa shape index (κ2) is 9.59. The van der Waals surface area contributed by atoms with Crippen LogP contribution in [0, 0.1) is 0 Å². The number of imidazole rings is 1. The van der Waals surface area contributed by atoms with Crippen LogP contribution < -0.4 is 5.43 Å². The Morgan fingerprint density at radius 2 is 1.54 bits per heavy atom. The van der Waals surface area contributed by atoms with E-state index in [1.807, 2.05) is 12.1 Å². The summed E-state index contributed by atoms with van der Waals surface area (Å²) in [5, 5.41) is 2.81. The summed E-state index contributed by atoms with van der Waals surface area (Å²) in [6.07, 6.45) is 5.01. The summed E-state index contributed by atoms with van der Waals surface area (Å²) in [6.45, 7) is 8.94. The third kappa shape index (κ3) is 4.06. The molecule has 7 rings (SSSR count). The summed E-state index contributed by atoms with van der Waals surface area (Å²) in [7, 11) is 0. The standard InChI is InChI=1S/C35H30N4O2/c1-20(2)23-12-8-13-24(21(3)4)34(23)39-19-28(38-35(39)26-14-7-10-22-9-5-6-11-25(22)26)27-15-16-30-33(37-27)32-29(40)17-36-18-31(32)41-30/h5-21,37H,1-4H3. The molecule has 0 bridgehead atoms. The lowest BCUT2D eigenvalue weighted by Gasteiger charge is -2.22. The van der Waals surface area contributed by atoms with Gasteiger partial charge >= 0.3 is 0 Å². The van der Waals surface area contributed by atoms with Crippen molar-refractivity contribution in [3.63, 3.8) is 0 Å². The lowest BCUT2D eigenvalue weighted by atomic mass is 9.92. The van der Waals surface area contributed by atoms with Crippen LogP contribution in [0.1, 0.15) is 50.7 Å². The Labute approximate surface area is 237 Å². The topological polar surface area (TPSA) is 76.7 Å². The van der Waals surface area contributed by atoms with Gasteiger partial charge in [-0.25, -0.2) is 4.98 Å². The monoisotopic (exact) mass is 538 g/mol. The van der Waals surface area contributed by atoms with Crippen molar-refractivity contribution in [3.8, 4) is 28.5 Å². The van der Waals surface area contributed by atoms with Gasteiger partial charge in [-0.05, 0) is 45.9 Å². The van der Waals surface area contributed by atoms with E-state index in [9.17, 15) is 4.79 Å². The zero-order chi connectivity index (χ0) is 28.2. The van der Waals surface area contributed by atoms with Crippen LogP contribution in [0.15, 0.2) is 101 Å². The first-order valence-corrected chi connectivity index (χ1v) is 14.0. The Hall–Kier alpha value is -4.97. The van der Waals surface area contributed by atoms with Crippen LogP contribution in [0.5, 0.6) is 0 Å². The average molecular weight is 539 g/mol. The van der Waals surface area contributed by atoms with E-state index in [1.54, 1.807) is 6.20 Å². The second-order valence-electron chi connectivity index (χ2n) is 11.2. The molecule has 0 saturated heterocycles. The number of nitrogens with zero attached hydrogens (tertiary/aromatic N) is 3. The SMILES string of the molecule is CC(C)c1cccc(C(C)C)c1-n1cc(-c2ccc3oc4cncc(=O)c4c3[nH]2)nc1-c1cccc2ccccc12. The molecule has 41 heavy (non-hydrogen) atoms. The van der Waals surface area contributed by atoms with Gasteiger partial charge in [0.2, 0.25) is 5.43 Å². The van der Waals surface area contributed by atoms with Gasteiger partial charge in [-0.15, -0.1) is 0 Å². The molecular weight excluding hydrogens is 508 g/mol. The van der Waals surface area contributed by atoms with Crippen molar-refractivity contribution in [1.29, 1.82) is 0 Å². The van der Waals surface area contributed by atoms with E-state index >= 15 is 0 Å². The normalized spacial score (nSPS) is 12.0. The molecule has 0 unspecified atom stereocenters. The number of hydrogen-bond donors (Lipinski definition) is 1. The molecule has 6 heteroatoms. The van der Waals surface area contributed by atoms with Crippen molar-refractivity contribution in [3.05, 3.63) is 113 Å². The largest absolute Gasteiger partial charge is 0.453 e. The van der Waals surface area contributed by atoms with E-state index in [4.69, 9.17) is 9.40 Å². The van der Waals surface area contributed by atoms with E-state index < -0.39 is 0 Å². The summed E-state index contributed by atoms with van der Waals surface area (Å²) >= 11 is 0. The van der Waals surface area contributed by atoms with Crippen LogP contribution in [0.3, 0.4) is 0 Å². The van der Waals surface area contributed by atoms with Gasteiger partial charge in [0, 0.05) is 11.8 Å². The third-order valence-corrected chi connectivity index (χ3v) is 7.85. The first kappa shape index (κ1) is 25.0. The molecule has 7 aromatic rings. The maximum absolute atomic E-state index is 12.7. The molecule has 0 saturated carbocycles. The number of furan rings is 1. The Bertz CT molecular complexity index is 2110. The van der Waals surface area contributed by atoms with E-state index in [0.717, 1.165) is 33.5 Å². The minimum absolute atomic E-state index is 0.177. The molecule has 0 spiro atoms. The van der Waals surface area contributed by atoms with Gasteiger partial charge in [0.05, 0.1) is 34.7 Å². The fourth-order valence-corrected chi connectivity index (χ4v) is 5.85. The van der Waals surface area contributed by atoms with Crippen LogP contribution in [0.4, 0.5) is 0 Å². The van der Waals surface area contributed by atoms with Crippen LogP contribution >= 0.6 is 0 Å². The predicted molar refractivity (Wildman–Crippen MR) is 166 cm³/mol. The summed E-state index contributed by atoms with van der Waals surface area (Å²) in [5.41, 5.74) is 7.89. The molecule has 3 aromatic carbocycles. The van der Waals surface area contributed by atoms with Gasteiger partial charge in [0.25, 0.3) is 0 Å². The molecule has 4 heterocycles. The number of pyridine rings is 2. The molecule has 0 radical (unpaired) electrons. The minimum atomic E-state index is -0.177. The quantitative estimate of drug-likeness (QED) is 0.238. The van der Waals surface area contributed by atoms with Crippen molar-refractivity contribution in [2.24, 2.45) is 0 Å². The molecule has 0 amide bonds. The fourth-order valence-electron chi connectivity index (χ4n) is 5.85. The van der Waals surface area contributed by atoms with E-state index in [-0.39, 0.29) is 5.43 Å². The first-order chi connectivity index (χ1) is 19.9. The highest BCUT2D eigenvalue weighted by molar-refractivity contribution is 6.02. The van der Waals surface area contributed by atoms with Crippen LogP contribution in [0.2, 0.25) is 0 Å². The Morgan fingerprint density at radius 1 is 0.805 bits per heavy atom. The highest BCUT2D eigenvalue weighted by Crippen LogP contribution is 2.38. The van der Waals surface area contributed by atoms with Gasteiger partial charge in [-0.1, -0.05) is 88.4 Å². The lowest BCUT2D eigenvalue weighted by Crippen LogP contribution is -2.08. The van der Waals surface area contributed by atoms with Gasteiger partial charge < -0.3 is 9.40 Å². The fraction of sp³-hybridized carbons (Fsp3) is 0.171. The van der Waals surface area contributed by atoms with Crippen molar-refractivity contribution < 1.29 is 4.42 Å². The molecule has 0 atom stereocenters. The highest BCUT2D eigenvalue weighted by Gasteiger charge is 2.22. The summed E-state index contributed by atoms with van der Waals surface area (Å²) in [4.78, 5) is 25.4. The maximum Gasteiger partial charge on any atom is 0.210 e. The van der Waals surface area contributed by atoms with Crippen molar-refractivity contribution >= 4 is 32.8 Å². The van der Waals surface area contributed by atoms with Gasteiger partial charge in [0.1, 0.15) is 11.5 Å². The summed E-state index contributed by atoms with van der Waals surface area (Å²) < 4.78 is 8.16. The van der Waals surface area contributed by atoms with Gasteiger partial charge in [0.15, 0.2) is 11.2 Å². The van der Waals surface area contributed by atoms with E-state index in [0.29, 0.717) is 33.9 Å². The highest BCUT2D eigenvalue weighted by atomic mass is 16.3. The molecule has 0 aliphatic heterocycles. The number of benzene rings is 3. The molecule has 6 nitrogen and oxygen atoms in total. The van der Waals surface area contributed by atoms with Crippen LogP contribution in [-0.2, 0) is 0 Å². The number of rotatable bonds is 5. The second-order valence-corrected chi connectivity index (χ2v) is 11.2. The number of fused-ring (bicyclic) bond motifs is 4. The number of para-hydroxylation sites is 1. The van der Waals surface area contributed by atoms with Crippen molar-refractivity contribution in [1.82, 2.24) is 19.5 Å². The van der Waals surface area contributed by atoms with E-state index in [2.05, 4.69) is 109 Å². The molecule has 4 aromatic heterocycles. The van der Waals surface area contributed by atoms with Crippen LogP contribution in [0.25, 0.3) is 61.3 Å². The Morgan fingerprint density at radius 3 is 2.32 bits per heavy atom. The number of nitrogens with one attached hydrogen (secondary N) is 1. The Balaban J connectivity index is 1.55. The zero-order valence-electron chi connectivity index (χ0n) is 23.5. The average Bonchev–Trinajstić information content (AvgIpc) is 3.58. The summed E-state index contributed by atoms with van der Waals surface area (Å²) in [6, 6.07) is 25.2. The van der Waals surface area contributed by atoms with E-state index in [1.165, 1.54) is 23.0 Å². The van der Waals surface area contributed by atoms with Crippen molar-refractivity contribution in [2.75, 3.05) is 0 Å². The number of aromatic nitrogens is 4.